The third-order valence-corrected chi connectivity index (χ3v) is 6.04. The maximum absolute atomic E-state index is 12.8. The summed E-state index contributed by atoms with van der Waals surface area (Å²) in [5, 5.41) is 3.83. The van der Waals surface area contributed by atoms with Gasteiger partial charge >= 0.3 is 0 Å². The molecule has 0 bridgehead atoms. The molecule has 1 amide bonds. The van der Waals surface area contributed by atoms with E-state index < -0.39 is 0 Å². The van der Waals surface area contributed by atoms with E-state index in [-0.39, 0.29) is 17.2 Å². The molecule has 0 saturated heterocycles. The second-order valence-electron chi connectivity index (χ2n) is 6.28. The van der Waals surface area contributed by atoms with Crippen LogP contribution in [-0.4, -0.2) is 11.2 Å². The highest BCUT2D eigenvalue weighted by Crippen LogP contribution is 2.28. The zero-order valence-corrected chi connectivity index (χ0v) is 16.9. The van der Waals surface area contributed by atoms with Crippen LogP contribution in [0.3, 0.4) is 0 Å². The Bertz CT molecular complexity index is 714. The van der Waals surface area contributed by atoms with Crippen LogP contribution < -0.4 is 5.32 Å². The third-order valence-electron chi connectivity index (χ3n) is 4.41. The highest BCUT2D eigenvalue weighted by molar-refractivity contribution is 8.00. The minimum Gasteiger partial charge on any atom is -0.348 e. The lowest BCUT2D eigenvalue weighted by Crippen LogP contribution is -2.35. The van der Waals surface area contributed by atoms with Crippen LogP contribution in [0.25, 0.3) is 0 Å². The lowest BCUT2D eigenvalue weighted by molar-refractivity contribution is -0.121. The van der Waals surface area contributed by atoms with E-state index >= 15 is 0 Å². The maximum Gasteiger partial charge on any atom is 0.233 e. The topological polar surface area (TPSA) is 29.1 Å². The molecule has 0 heterocycles. The van der Waals surface area contributed by atoms with Gasteiger partial charge in [0.2, 0.25) is 5.91 Å². The molecule has 2 nitrogen and oxygen atoms in total. The van der Waals surface area contributed by atoms with Crippen molar-refractivity contribution in [2.75, 3.05) is 0 Å². The number of carbonyl (C=O) groups excluding carboxylic acids is 1. The van der Waals surface area contributed by atoms with Gasteiger partial charge in [-0.1, -0.05) is 43.6 Å². The van der Waals surface area contributed by atoms with Crippen molar-refractivity contribution >= 4 is 29.3 Å². The van der Waals surface area contributed by atoms with E-state index in [0.717, 1.165) is 17.7 Å². The fraction of sp³-hybridized carbons (Fsp3) is 0.381. The van der Waals surface area contributed by atoms with Crippen molar-refractivity contribution in [3.63, 3.8) is 0 Å². The largest absolute Gasteiger partial charge is 0.348 e. The molecule has 0 fully saturated rings. The van der Waals surface area contributed by atoms with Gasteiger partial charge < -0.3 is 5.32 Å². The van der Waals surface area contributed by atoms with Gasteiger partial charge in [-0.05, 0) is 67.6 Å². The van der Waals surface area contributed by atoms with E-state index in [9.17, 15) is 4.79 Å². The molecular formula is C21H26ClNOS. The van der Waals surface area contributed by atoms with Crippen LogP contribution in [0, 0.1) is 13.8 Å². The Labute approximate surface area is 160 Å². The van der Waals surface area contributed by atoms with Crippen molar-refractivity contribution in [3.05, 3.63) is 64.2 Å². The molecule has 0 saturated carbocycles. The summed E-state index contributed by atoms with van der Waals surface area (Å²) < 4.78 is 0. The number of halogens is 1. The Balaban J connectivity index is 2.08. The average Bonchev–Trinajstić information content (AvgIpc) is 2.61. The molecule has 4 heteroatoms. The highest BCUT2D eigenvalue weighted by Gasteiger charge is 2.21. The summed E-state index contributed by atoms with van der Waals surface area (Å²) in [5.74, 6) is 0.0903. The number of hydrogen-bond donors (Lipinski definition) is 1. The van der Waals surface area contributed by atoms with Crippen molar-refractivity contribution in [2.24, 2.45) is 0 Å². The second-order valence-corrected chi connectivity index (χ2v) is 7.99. The zero-order valence-electron chi connectivity index (χ0n) is 15.3. The summed E-state index contributed by atoms with van der Waals surface area (Å²) >= 11 is 7.52. The normalized spacial score (nSPS) is 13.3. The summed E-state index contributed by atoms with van der Waals surface area (Å²) in [6.45, 7) is 8.37. The van der Waals surface area contributed by atoms with Crippen LogP contribution in [0.15, 0.2) is 47.4 Å². The fourth-order valence-corrected chi connectivity index (χ4v) is 3.76. The number of thioether (sulfide) groups is 1. The quantitative estimate of drug-likeness (QED) is 0.593. The molecule has 0 radical (unpaired) electrons. The highest BCUT2D eigenvalue weighted by atomic mass is 35.5. The number of carbonyl (C=O) groups is 1. The molecule has 25 heavy (non-hydrogen) atoms. The molecule has 0 aliphatic carbocycles. The number of aryl methyl sites for hydroxylation is 2. The molecule has 2 unspecified atom stereocenters. The van der Waals surface area contributed by atoms with Crippen molar-refractivity contribution in [3.8, 4) is 0 Å². The monoisotopic (exact) mass is 375 g/mol. The van der Waals surface area contributed by atoms with Gasteiger partial charge in [0.1, 0.15) is 0 Å². The molecule has 2 aromatic carbocycles. The van der Waals surface area contributed by atoms with Gasteiger partial charge in [-0.25, -0.2) is 0 Å². The van der Waals surface area contributed by atoms with Crippen molar-refractivity contribution in [2.45, 2.75) is 56.7 Å². The van der Waals surface area contributed by atoms with E-state index in [1.807, 2.05) is 31.2 Å². The molecule has 2 atom stereocenters. The maximum atomic E-state index is 12.8. The average molecular weight is 376 g/mol. The molecule has 2 rings (SSSR count). The van der Waals surface area contributed by atoms with Gasteiger partial charge in [0.25, 0.3) is 0 Å². The van der Waals surface area contributed by atoms with Gasteiger partial charge in [-0.3, -0.25) is 4.79 Å². The van der Waals surface area contributed by atoms with Crippen molar-refractivity contribution < 1.29 is 4.79 Å². The van der Waals surface area contributed by atoms with Crippen LogP contribution in [0.5, 0.6) is 0 Å². The zero-order chi connectivity index (χ0) is 18.4. The first-order valence-electron chi connectivity index (χ1n) is 8.74. The van der Waals surface area contributed by atoms with Crippen molar-refractivity contribution in [1.29, 1.82) is 0 Å². The van der Waals surface area contributed by atoms with Gasteiger partial charge in [0.05, 0.1) is 11.3 Å². The van der Waals surface area contributed by atoms with Crippen LogP contribution >= 0.6 is 23.4 Å². The molecule has 0 aromatic heterocycles. The SMILES string of the molecule is CCC(Sc1ccc(Cl)cc1)C(=O)NC(CC)c1ccc(C)c(C)c1. The van der Waals surface area contributed by atoms with E-state index in [4.69, 9.17) is 11.6 Å². The van der Waals surface area contributed by atoms with Crippen LogP contribution in [-0.2, 0) is 4.79 Å². The number of amides is 1. The first-order chi connectivity index (χ1) is 11.9. The van der Waals surface area contributed by atoms with Crippen LogP contribution in [0.2, 0.25) is 5.02 Å². The standard InChI is InChI=1S/C21H26ClNOS/c1-5-19(16-8-7-14(3)15(4)13-16)23-21(24)20(6-2)25-18-11-9-17(22)10-12-18/h7-13,19-20H,5-6H2,1-4H3,(H,23,24). The van der Waals surface area contributed by atoms with E-state index in [1.165, 1.54) is 16.7 Å². The molecule has 1 N–H and O–H groups in total. The summed E-state index contributed by atoms with van der Waals surface area (Å²) in [6, 6.07) is 14.1. The minimum atomic E-state index is -0.109. The molecule has 0 aliphatic rings. The van der Waals surface area contributed by atoms with E-state index in [0.29, 0.717) is 5.02 Å². The number of rotatable bonds is 7. The fourth-order valence-electron chi connectivity index (χ4n) is 2.67. The summed E-state index contributed by atoms with van der Waals surface area (Å²) in [7, 11) is 0. The lowest BCUT2D eigenvalue weighted by Gasteiger charge is -2.22. The Morgan fingerprint density at radius 3 is 2.28 bits per heavy atom. The first-order valence-corrected chi connectivity index (χ1v) is 10.00. The third kappa shape index (κ3) is 5.52. The molecule has 134 valence electrons. The van der Waals surface area contributed by atoms with E-state index in [2.05, 4.69) is 44.3 Å². The Hall–Kier alpha value is -1.45. The van der Waals surface area contributed by atoms with Gasteiger partial charge in [-0.2, -0.15) is 0 Å². The lowest BCUT2D eigenvalue weighted by atomic mass is 9.99. The van der Waals surface area contributed by atoms with Gasteiger partial charge in [0.15, 0.2) is 0 Å². The Kier molecular flexibility index (Phi) is 7.39. The number of benzene rings is 2. The Morgan fingerprint density at radius 2 is 1.72 bits per heavy atom. The summed E-state index contributed by atoms with van der Waals surface area (Å²) in [5.41, 5.74) is 3.70. The smallest absolute Gasteiger partial charge is 0.233 e. The summed E-state index contributed by atoms with van der Waals surface area (Å²) in [6.07, 6.45) is 1.65. The van der Waals surface area contributed by atoms with Crippen molar-refractivity contribution in [1.82, 2.24) is 5.32 Å². The molecular weight excluding hydrogens is 350 g/mol. The predicted octanol–water partition coefficient (Wildman–Crippen LogP) is 6.10. The van der Waals surface area contributed by atoms with Crippen LogP contribution in [0.4, 0.5) is 0 Å². The minimum absolute atomic E-state index is 0.0478. The molecule has 0 aliphatic heterocycles. The van der Waals surface area contributed by atoms with Gasteiger partial charge in [-0.15, -0.1) is 11.8 Å². The number of nitrogens with one attached hydrogen (secondary N) is 1. The second kappa shape index (κ2) is 9.30. The molecule has 0 spiro atoms. The Morgan fingerprint density at radius 1 is 1.04 bits per heavy atom. The number of hydrogen-bond acceptors (Lipinski definition) is 2. The van der Waals surface area contributed by atoms with Crippen LogP contribution in [0.1, 0.15) is 49.4 Å². The summed E-state index contributed by atoms with van der Waals surface area (Å²) in [4.78, 5) is 13.8. The van der Waals surface area contributed by atoms with Gasteiger partial charge in [0, 0.05) is 9.92 Å². The van der Waals surface area contributed by atoms with E-state index in [1.54, 1.807) is 11.8 Å². The predicted molar refractivity (Wildman–Crippen MR) is 108 cm³/mol. The molecule has 2 aromatic rings. The first kappa shape index (κ1) is 19.9.